The quantitative estimate of drug-likeness (QED) is 0.839. The summed E-state index contributed by atoms with van der Waals surface area (Å²) >= 11 is 0. The summed E-state index contributed by atoms with van der Waals surface area (Å²) in [5.74, 6) is 0.336. The van der Waals surface area contributed by atoms with Gasteiger partial charge in [-0.05, 0) is 37.4 Å². The number of rotatable bonds is 6. The van der Waals surface area contributed by atoms with Crippen molar-refractivity contribution in [2.24, 2.45) is 11.7 Å². The zero-order valence-corrected chi connectivity index (χ0v) is 12.3. The average Bonchev–Trinajstić information content (AvgIpc) is 2.99. The molecule has 1 aliphatic heterocycles. The Kier molecular flexibility index (Phi) is 5.41. The zero-order chi connectivity index (χ0) is 14.4. The van der Waals surface area contributed by atoms with Gasteiger partial charge < -0.3 is 16.0 Å². The maximum atomic E-state index is 12.1. The van der Waals surface area contributed by atoms with E-state index < -0.39 is 0 Å². The Hall–Kier alpha value is -1.55. The number of carbonyl (C=O) groups is 1. The summed E-state index contributed by atoms with van der Waals surface area (Å²) in [7, 11) is 0. The predicted octanol–water partition coefficient (Wildman–Crippen LogP) is 2.60. The second kappa shape index (κ2) is 7.29. The Balaban J connectivity index is 2.03. The second-order valence-electron chi connectivity index (χ2n) is 5.47. The van der Waals surface area contributed by atoms with Crippen LogP contribution < -0.4 is 16.0 Å². The molecule has 20 heavy (non-hydrogen) atoms. The van der Waals surface area contributed by atoms with E-state index in [0.29, 0.717) is 13.0 Å². The molecule has 0 aliphatic carbocycles. The Bertz CT molecular complexity index is 437. The van der Waals surface area contributed by atoms with Crippen molar-refractivity contribution >= 4 is 17.3 Å². The van der Waals surface area contributed by atoms with Gasteiger partial charge in [0.05, 0.1) is 11.4 Å². The molecule has 0 spiro atoms. The van der Waals surface area contributed by atoms with Crippen molar-refractivity contribution in [3.05, 3.63) is 24.3 Å². The number of nitrogens with zero attached hydrogens (tertiary/aromatic N) is 1. The standard InChI is InChI=1S/C16H25N3O/c1-2-13(12-17)11-16(20)18-14-7-3-4-8-15(14)19-9-5-6-10-19/h3-4,7-8,13H,2,5-6,9-12,17H2,1H3,(H,18,20). The number of nitrogens with two attached hydrogens (primary N) is 1. The van der Waals surface area contributed by atoms with Gasteiger partial charge in [0.15, 0.2) is 0 Å². The molecular formula is C16H25N3O. The van der Waals surface area contributed by atoms with Crippen molar-refractivity contribution in [1.82, 2.24) is 0 Å². The van der Waals surface area contributed by atoms with E-state index in [9.17, 15) is 4.79 Å². The van der Waals surface area contributed by atoms with Crippen molar-refractivity contribution in [2.75, 3.05) is 29.9 Å². The number of carbonyl (C=O) groups excluding carboxylic acids is 1. The maximum Gasteiger partial charge on any atom is 0.224 e. The fourth-order valence-electron chi connectivity index (χ4n) is 2.67. The van der Waals surface area contributed by atoms with E-state index >= 15 is 0 Å². The topological polar surface area (TPSA) is 58.4 Å². The molecule has 0 saturated carbocycles. The fraction of sp³-hybridized carbons (Fsp3) is 0.562. The van der Waals surface area contributed by atoms with E-state index in [1.807, 2.05) is 18.2 Å². The molecule has 4 heteroatoms. The van der Waals surface area contributed by atoms with Gasteiger partial charge in [0.25, 0.3) is 0 Å². The smallest absolute Gasteiger partial charge is 0.224 e. The minimum atomic E-state index is 0.0638. The molecular weight excluding hydrogens is 250 g/mol. The highest BCUT2D eigenvalue weighted by molar-refractivity contribution is 5.94. The number of nitrogens with one attached hydrogen (secondary N) is 1. The summed E-state index contributed by atoms with van der Waals surface area (Å²) in [5.41, 5.74) is 7.73. The van der Waals surface area contributed by atoms with E-state index in [1.54, 1.807) is 0 Å². The summed E-state index contributed by atoms with van der Waals surface area (Å²) < 4.78 is 0. The summed E-state index contributed by atoms with van der Waals surface area (Å²) in [6.45, 7) is 4.79. The van der Waals surface area contributed by atoms with Crippen LogP contribution in [0.4, 0.5) is 11.4 Å². The van der Waals surface area contributed by atoms with Gasteiger partial charge in [-0.15, -0.1) is 0 Å². The molecule has 1 amide bonds. The maximum absolute atomic E-state index is 12.1. The van der Waals surface area contributed by atoms with Crippen LogP contribution in [0.2, 0.25) is 0 Å². The lowest BCUT2D eigenvalue weighted by Crippen LogP contribution is -2.24. The van der Waals surface area contributed by atoms with Crippen molar-refractivity contribution in [1.29, 1.82) is 0 Å². The first kappa shape index (κ1) is 14.9. The summed E-state index contributed by atoms with van der Waals surface area (Å²) in [6, 6.07) is 8.06. The molecule has 1 saturated heterocycles. The van der Waals surface area contributed by atoms with Crippen LogP contribution in [-0.2, 0) is 4.79 Å². The molecule has 1 atom stereocenters. The molecule has 1 heterocycles. The van der Waals surface area contributed by atoms with Crippen LogP contribution in [0, 0.1) is 5.92 Å². The van der Waals surface area contributed by atoms with Gasteiger partial charge in [0, 0.05) is 19.5 Å². The number of amides is 1. The molecule has 1 unspecified atom stereocenters. The highest BCUT2D eigenvalue weighted by Crippen LogP contribution is 2.28. The van der Waals surface area contributed by atoms with Gasteiger partial charge in [-0.3, -0.25) is 4.79 Å². The number of benzene rings is 1. The highest BCUT2D eigenvalue weighted by Gasteiger charge is 2.17. The molecule has 2 rings (SSSR count). The van der Waals surface area contributed by atoms with E-state index in [-0.39, 0.29) is 11.8 Å². The lowest BCUT2D eigenvalue weighted by Gasteiger charge is -2.22. The molecule has 1 aliphatic rings. The van der Waals surface area contributed by atoms with Gasteiger partial charge in [-0.2, -0.15) is 0 Å². The van der Waals surface area contributed by atoms with Crippen molar-refractivity contribution in [3.8, 4) is 0 Å². The zero-order valence-electron chi connectivity index (χ0n) is 12.3. The van der Waals surface area contributed by atoms with Gasteiger partial charge in [-0.1, -0.05) is 25.5 Å². The van der Waals surface area contributed by atoms with Crippen LogP contribution in [0.1, 0.15) is 32.6 Å². The first-order valence-corrected chi connectivity index (χ1v) is 7.58. The van der Waals surface area contributed by atoms with Gasteiger partial charge in [0.2, 0.25) is 5.91 Å². The summed E-state index contributed by atoms with van der Waals surface area (Å²) in [4.78, 5) is 14.5. The van der Waals surface area contributed by atoms with Crippen LogP contribution in [-0.4, -0.2) is 25.5 Å². The van der Waals surface area contributed by atoms with E-state index in [0.717, 1.165) is 30.9 Å². The number of para-hydroxylation sites is 2. The SMILES string of the molecule is CCC(CN)CC(=O)Nc1ccccc1N1CCCC1. The fourth-order valence-corrected chi connectivity index (χ4v) is 2.67. The Morgan fingerprint density at radius 1 is 1.35 bits per heavy atom. The number of hydrogen-bond acceptors (Lipinski definition) is 3. The molecule has 110 valence electrons. The lowest BCUT2D eigenvalue weighted by molar-refractivity contribution is -0.117. The van der Waals surface area contributed by atoms with Gasteiger partial charge in [0.1, 0.15) is 0 Å². The van der Waals surface area contributed by atoms with Crippen LogP contribution in [0.15, 0.2) is 24.3 Å². The highest BCUT2D eigenvalue weighted by atomic mass is 16.1. The third kappa shape index (κ3) is 3.73. The Labute approximate surface area is 121 Å². The van der Waals surface area contributed by atoms with Crippen molar-refractivity contribution in [3.63, 3.8) is 0 Å². The van der Waals surface area contributed by atoms with Crippen molar-refractivity contribution < 1.29 is 4.79 Å². The Morgan fingerprint density at radius 2 is 2.05 bits per heavy atom. The molecule has 1 fully saturated rings. The van der Waals surface area contributed by atoms with Crippen LogP contribution in [0.5, 0.6) is 0 Å². The molecule has 0 aromatic heterocycles. The van der Waals surface area contributed by atoms with Crippen LogP contribution in [0.25, 0.3) is 0 Å². The lowest BCUT2D eigenvalue weighted by atomic mass is 10.0. The predicted molar refractivity (Wildman–Crippen MR) is 84.0 cm³/mol. The number of hydrogen-bond donors (Lipinski definition) is 2. The monoisotopic (exact) mass is 275 g/mol. The van der Waals surface area contributed by atoms with Crippen LogP contribution in [0.3, 0.4) is 0 Å². The van der Waals surface area contributed by atoms with E-state index in [1.165, 1.54) is 12.8 Å². The molecule has 0 bridgehead atoms. The minimum Gasteiger partial charge on any atom is -0.370 e. The largest absolute Gasteiger partial charge is 0.370 e. The first-order valence-electron chi connectivity index (χ1n) is 7.58. The molecule has 1 aromatic rings. The minimum absolute atomic E-state index is 0.0638. The molecule has 3 N–H and O–H groups in total. The number of anilines is 2. The molecule has 4 nitrogen and oxygen atoms in total. The average molecular weight is 275 g/mol. The normalized spacial score (nSPS) is 16.2. The molecule has 0 radical (unpaired) electrons. The third-order valence-corrected chi connectivity index (χ3v) is 4.01. The van der Waals surface area contributed by atoms with Crippen LogP contribution >= 0.6 is 0 Å². The van der Waals surface area contributed by atoms with Gasteiger partial charge >= 0.3 is 0 Å². The second-order valence-corrected chi connectivity index (χ2v) is 5.47. The Morgan fingerprint density at radius 3 is 2.70 bits per heavy atom. The summed E-state index contributed by atoms with van der Waals surface area (Å²) in [5, 5.41) is 3.05. The molecule has 1 aromatic carbocycles. The summed E-state index contributed by atoms with van der Waals surface area (Å²) in [6.07, 6.45) is 3.90. The van der Waals surface area contributed by atoms with Crippen molar-refractivity contribution in [2.45, 2.75) is 32.6 Å². The van der Waals surface area contributed by atoms with E-state index in [4.69, 9.17) is 5.73 Å². The first-order chi connectivity index (χ1) is 9.74. The van der Waals surface area contributed by atoms with E-state index in [2.05, 4.69) is 23.2 Å². The van der Waals surface area contributed by atoms with Gasteiger partial charge in [-0.25, -0.2) is 0 Å². The third-order valence-electron chi connectivity index (χ3n) is 4.01.